The van der Waals surface area contributed by atoms with Gasteiger partial charge in [-0.2, -0.15) is 4.89 Å². The molecule has 0 radical (unpaired) electrons. The molecule has 2 aromatic rings. The maximum atomic E-state index is 11.8. The van der Waals surface area contributed by atoms with Gasteiger partial charge >= 0.3 is 11.9 Å². The van der Waals surface area contributed by atoms with E-state index in [9.17, 15) is 9.59 Å². The van der Waals surface area contributed by atoms with Gasteiger partial charge in [0, 0.05) is 13.0 Å². The monoisotopic (exact) mass is 414 g/mol. The van der Waals surface area contributed by atoms with Gasteiger partial charge in [0.1, 0.15) is 0 Å². The fourth-order valence-corrected chi connectivity index (χ4v) is 3.01. The Kier molecular flexibility index (Phi) is 10.6. The molecule has 0 fully saturated rings. The van der Waals surface area contributed by atoms with Crippen molar-refractivity contribution >= 4 is 11.9 Å². The van der Waals surface area contributed by atoms with Crippen molar-refractivity contribution in [2.24, 2.45) is 0 Å². The van der Waals surface area contributed by atoms with Gasteiger partial charge in [-0.1, -0.05) is 48.5 Å². The Balaban J connectivity index is 1.56. The number of hydrogen-bond donors (Lipinski definition) is 2. The third-order valence-electron chi connectivity index (χ3n) is 4.76. The van der Waals surface area contributed by atoms with Crippen LogP contribution in [0.5, 0.6) is 0 Å². The van der Waals surface area contributed by atoms with Crippen molar-refractivity contribution in [3.8, 4) is 0 Å². The van der Waals surface area contributed by atoms with Crippen LogP contribution in [0.4, 0.5) is 0 Å². The lowest BCUT2D eigenvalue weighted by molar-refractivity contribution is -0.272. The Bertz CT molecular complexity index is 767. The highest BCUT2D eigenvalue weighted by Crippen LogP contribution is 2.10. The fourth-order valence-electron chi connectivity index (χ4n) is 3.01. The van der Waals surface area contributed by atoms with Crippen LogP contribution >= 0.6 is 0 Å². The second-order valence-electron chi connectivity index (χ2n) is 7.23. The molecule has 0 amide bonds. The van der Waals surface area contributed by atoms with Crippen molar-refractivity contribution < 1.29 is 29.6 Å². The number of aliphatic hydroxyl groups excluding tert-OH is 1. The molecular weight excluding hydrogens is 384 g/mol. The van der Waals surface area contributed by atoms with Gasteiger partial charge in [0.2, 0.25) is 0 Å². The van der Waals surface area contributed by atoms with Gasteiger partial charge in [-0.15, -0.1) is 0 Å². The Morgan fingerprint density at radius 1 is 0.700 bits per heavy atom. The average Bonchev–Trinajstić information content (AvgIpc) is 2.76. The lowest BCUT2D eigenvalue weighted by Crippen LogP contribution is -2.08. The van der Waals surface area contributed by atoms with E-state index in [1.54, 1.807) is 0 Å². The molecule has 0 aliphatic carbocycles. The topological polar surface area (TPSA) is 93.1 Å². The van der Waals surface area contributed by atoms with Crippen LogP contribution in [-0.4, -0.2) is 35.4 Å². The molecule has 0 spiro atoms. The van der Waals surface area contributed by atoms with Crippen molar-refractivity contribution in [3.05, 3.63) is 70.8 Å². The molecule has 0 aliphatic heterocycles. The third kappa shape index (κ3) is 9.67. The Hall–Kier alpha value is -2.70. The second-order valence-corrected chi connectivity index (χ2v) is 7.23. The van der Waals surface area contributed by atoms with Crippen LogP contribution in [0.1, 0.15) is 47.9 Å². The summed E-state index contributed by atoms with van der Waals surface area (Å²) in [6, 6.07) is 15.9. The standard InChI is InChI=1S/C24H30O6/c25-17-1-3-19-5-7-20(8-6-19)4-2-18-29-30-24(28)16-14-22-11-9-21(10-12-22)13-15-23(26)27/h5-12,25H,1-4,13-18H2,(H,26,27). The molecule has 0 saturated carbocycles. The molecule has 2 rings (SSSR count). The summed E-state index contributed by atoms with van der Waals surface area (Å²) in [6.07, 6.45) is 4.63. The van der Waals surface area contributed by atoms with E-state index in [-0.39, 0.29) is 19.4 Å². The van der Waals surface area contributed by atoms with E-state index >= 15 is 0 Å². The zero-order valence-electron chi connectivity index (χ0n) is 17.2. The van der Waals surface area contributed by atoms with E-state index in [1.165, 1.54) is 11.1 Å². The molecule has 0 bridgehead atoms. The summed E-state index contributed by atoms with van der Waals surface area (Å²) in [4.78, 5) is 32.2. The first-order valence-corrected chi connectivity index (χ1v) is 10.4. The number of aliphatic hydroxyl groups is 1. The number of carbonyl (C=O) groups excluding carboxylic acids is 1. The largest absolute Gasteiger partial charge is 0.481 e. The maximum absolute atomic E-state index is 11.8. The molecule has 162 valence electrons. The number of aryl methyl sites for hydroxylation is 4. The van der Waals surface area contributed by atoms with Gasteiger partial charge in [-0.25, -0.2) is 4.79 Å². The van der Waals surface area contributed by atoms with Gasteiger partial charge in [-0.3, -0.25) is 9.68 Å². The molecule has 30 heavy (non-hydrogen) atoms. The van der Waals surface area contributed by atoms with Crippen LogP contribution in [0, 0.1) is 0 Å². The molecule has 2 N–H and O–H groups in total. The summed E-state index contributed by atoms with van der Waals surface area (Å²) in [5, 5.41) is 17.6. The van der Waals surface area contributed by atoms with Crippen molar-refractivity contribution in [3.63, 3.8) is 0 Å². The van der Waals surface area contributed by atoms with E-state index in [2.05, 4.69) is 24.3 Å². The highest BCUT2D eigenvalue weighted by molar-refractivity contribution is 5.69. The van der Waals surface area contributed by atoms with E-state index < -0.39 is 11.9 Å². The van der Waals surface area contributed by atoms with Gasteiger partial charge in [0.25, 0.3) is 0 Å². The Morgan fingerprint density at radius 2 is 1.17 bits per heavy atom. The van der Waals surface area contributed by atoms with E-state index in [4.69, 9.17) is 20.0 Å². The minimum atomic E-state index is -0.811. The van der Waals surface area contributed by atoms with Crippen LogP contribution in [0.2, 0.25) is 0 Å². The SMILES string of the molecule is O=C(O)CCc1ccc(CCC(=O)OOCCCc2ccc(CCCO)cc2)cc1. The van der Waals surface area contributed by atoms with Crippen LogP contribution in [0.25, 0.3) is 0 Å². The first kappa shape index (κ1) is 23.6. The first-order chi connectivity index (χ1) is 14.6. The summed E-state index contributed by atoms with van der Waals surface area (Å²) in [7, 11) is 0. The summed E-state index contributed by atoms with van der Waals surface area (Å²) >= 11 is 0. The molecular formula is C24H30O6. The third-order valence-corrected chi connectivity index (χ3v) is 4.76. The minimum Gasteiger partial charge on any atom is -0.481 e. The highest BCUT2D eigenvalue weighted by Gasteiger charge is 2.06. The van der Waals surface area contributed by atoms with E-state index in [0.717, 1.165) is 36.8 Å². The number of rotatable bonds is 14. The zero-order valence-corrected chi connectivity index (χ0v) is 17.2. The molecule has 0 aliphatic rings. The summed E-state index contributed by atoms with van der Waals surface area (Å²) in [5.74, 6) is -1.22. The summed E-state index contributed by atoms with van der Waals surface area (Å²) in [5.41, 5.74) is 4.37. The van der Waals surface area contributed by atoms with Crippen molar-refractivity contribution in [2.75, 3.05) is 13.2 Å². The predicted octanol–water partition coefficient (Wildman–Crippen LogP) is 3.67. The second kappa shape index (κ2) is 13.5. The number of carboxylic acids is 1. The predicted molar refractivity (Wildman–Crippen MR) is 113 cm³/mol. The number of aliphatic carboxylic acids is 1. The van der Waals surface area contributed by atoms with Gasteiger partial charge in [0.05, 0.1) is 13.0 Å². The number of carboxylic acid groups (broad SMARTS) is 1. The van der Waals surface area contributed by atoms with Crippen LogP contribution in [0.15, 0.2) is 48.5 Å². The fraction of sp³-hybridized carbons (Fsp3) is 0.417. The van der Waals surface area contributed by atoms with E-state index in [0.29, 0.717) is 19.4 Å². The normalized spacial score (nSPS) is 10.7. The van der Waals surface area contributed by atoms with Gasteiger partial charge in [0.15, 0.2) is 0 Å². The molecule has 0 atom stereocenters. The van der Waals surface area contributed by atoms with Crippen LogP contribution < -0.4 is 0 Å². The van der Waals surface area contributed by atoms with Crippen LogP contribution in [-0.2, 0) is 45.0 Å². The average molecular weight is 414 g/mol. The van der Waals surface area contributed by atoms with Crippen molar-refractivity contribution in [2.45, 2.75) is 51.4 Å². The highest BCUT2D eigenvalue weighted by atomic mass is 17.2. The lowest BCUT2D eigenvalue weighted by Gasteiger charge is -2.06. The Morgan fingerprint density at radius 3 is 1.67 bits per heavy atom. The molecule has 6 heteroatoms. The molecule has 6 nitrogen and oxygen atoms in total. The smallest absolute Gasteiger partial charge is 0.342 e. The number of carbonyl (C=O) groups is 2. The zero-order chi connectivity index (χ0) is 21.6. The molecule has 2 aromatic carbocycles. The minimum absolute atomic E-state index is 0.110. The number of benzene rings is 2. The van der Waals surface area contributed by atoms with Crippen molar-refractivity contribution in [1.82, 2.24) is 0 Å². The van der Waals surface area contributed by atoms with Gasteiger partial charge in [-0.05, 0) is 60.8 Å². The first-order valence-electron chi connectivity index (χ1n) is 10.4. The molecule has 0 heterocycles. The van der Waals surface area contributed by atoms with Crippen molar-refractivity contribution in [1.29, 1.82) is 0 Å². The maximum Gasteiger partial charge on any atom is 0.342 e. The molecule has 0 saturated heterocycles. The van der Waals surface area contributed by atoms with Crippen LogP contribution in [0.3, 0.4) is 0 Å². The molecule has 0 unspecified atom stereocenters. The quantitative estimate of drug-likeness (QED) is 0.278. The molecule has 0 aromatic heterocycles. The summed E-state index contributed by atoms with van der Waals surface area (Å²) in [6.45, 7) is 0.551. The number of hydrogen-bond acceptors (Lipinski definition) is 5. The van der Waals surface area contributed by atoms with Gasteiger partial charge < -0.3 is 10.2 Å². The lowest BCUT2D eigenvalue weighted by atomic mass is 10.0. The van der Waals surface area contributed by atoms with E-state index in [1.807, 2.05) is 24.3 Å². The summed E-state index contributed by atoms with van der Waals surface area (Å²) < 4.78 is 0. The Labute approximate surface area is 177 Å².